The van der Waals surface area contributed by atoms with Crippen LogP contribution in [0.5, 0.6) is 0 Å². The maximum atomic E-state index is 12.1. The number of nitrogens with zero attached hydrogens (tertiary/aromatic N) is 1. The van der Waals surface area contributed by atoms with Crippen molar-refractivity contribution in [3.63, 3.8) is 0 Å². The first kappa shape index (κ1) is 19.3. The second kappa shape index (κ2) is 10.7. The summed E-state index contributed by atoms with van der Waals surface area (Å²) in [4.78, 5) is 16.3. The highest BCUT2D eigenvalue weighted by Crippen LogP contribution is 2.27. The molecule has 0 atom stereocenters. The first-order valence-electron chi connectivity index (χ1n) is 9.57. The van der Waals surface area contributed by atoms with Gasteiger partial charge in [-0.3, -0.25) is 9.79 Å². The molecule has 1 saturated carbocycles. The molecule has 25 heavy (non-hydrogen) atoms. The molecule has 1 aliphatic rings. The highest BCUT2D eigenvalue weighted by atomic mass is 16.1. The van der Waals surface area contributed by atoms with Crippen LogP contribution in [0, 0.1) is 5.92 Å². The van der Waals surface area contributed by atoms with E-state index < -0.39 is 0 Å². The van der Waals surface area contributed by atoms with E-state index in [2.05, 4.69) is 33.9 Å². The monoisotopic (exact) mass is 344 g/mol. The number of rotatable bonds is 9. The van der Waals surface area contributed by atoms with Crippen LogP contribution in [-0.4, -0.2) is 25.5 Å². The molecule has 3 N–H and O–H groups in total. The van der Waals surface area contributed by atoms with Crippen LogP contribution in [0.4, 0.5) is 5.69 Å². The van der Waals surface area contributed by atoms with Crippen LogP contribution >= 0.6 is 0 Å². The number of nitrogens with one attached hydrogen (secondary N) is 3. The summed E-state index contributed by atoms with van der Waals surface area (Å²) in [6.07, 6.45) is 8.17. The predicted molar refractivity (Wildman–Crippen MR) is 105 cm³/mol. The molecule has 1 aliphatic carbocycles. The average molecular weight is 345 g/mol. The maximum absolute atomic E-state index is 12.1. The van der Waals surface area contributed by atoms with Gasteiger partial charge in [-0.15, -0.1) is 0 Å². The second-order valence-corrected chi connectivity index (χ2v) is 6.73. The zero-order valence-corrected chi connectivity index (χ0v) is 15.6. The van der Waals surface area contributed by atoms with Crippen LogP contribution in [0.3, 0.4) is 0 Å². The van der Waals surface area contributed by atoms with Crippen molar-refractivity contribution in [2.75, 3.05) is 18.9 Å². The van der Waals surface area contributed by atoms with Crippen molar-refractivity contribution in [1.29, 1.82) is 0 Å². The lowest BCUT2D eigenvalue weighted by atomic mass is 9.85. The standard InChI is InChI=1S/C20H32N4O/c1-3-4-5-6-13-22-20(21-2)23-15-16-9-7-12-18(14-16)24-19(25)17-10-8-11-17/h7,9,12,14,17H,3-6,8,10-11,13,15H2,1-2H3,(H,24,25)(H2,21,22,23). The van der Waals surface area contributed by atoms with Crippen LogP contribution in [-0.2, 0) is 11.3 Å². The first-order valence-corrected chi connectivity index (χ1v) is 9.57. The Kier molecular flexibility index (Phi) is 8.29. The molecule has 0 aromatic heterocycles. The van der Waals surface area contributed by atoms with E-state index in [-0.39, 0.29) is 11.8 Å². The number of benzene rings is 1. The molecule has 1 aromatic rings. The smallest absolute Gasteiger partial charge is 0.227 e. The van der Waals surface area contributed by atoms with Crippen LogP contribution < -0.4 is 16.0 Å². The third-order valence-electron chi connectivity index (χ3n) is 4.68. The van der Waals surface area contributed by atoms with E-state index in [0.717, 1.165) is 43.0 Å². The second-order valence-electron chi connectivity index (χ2n) is 6.73. The summed E-state index contributed by atoms with van der Waals surface area (Å²) in [6, 6.07) is 8.01. The molecule has 1 fully saturated rings. The van der Waals surface area contributed by atoms with Gasteiger partial charge in [0.2, 0.25) is 5.91 Å². The Morgan fingerprint density at radius 1 is 1.20 bits per heavy atom. The quantitative estimate of drug-likeness (QED) is 0.364. The molecule has 0 spiro atoms. The summed E-state index contributed by atoms with van der Waals surface area (Å²) in [7, 11) is 1.79. The molecular formula is C20H32N4O. The van der Waals surface area contributed by atoms with Crippen LogP contribution in [0.25, 0.3) is 0 Å². The number of aliphatic imine (C=N–C) groups is 1. The molecule has 0 bridgehead atoms. The lowest BCUT2D eigenvalue weighted by molar-refractivity contribution is -0.122. The fraction of sp³-hybridized carbons (Fsp3) is 0.600. The van der Waals surface area contributed by atoms with Gasteiger partial charge in [-0.2, -0.15) is 0 Å². The minimum Gasteiger partial charge on any atom is -0.356 e. The van der Waals surface area contributed by atoms with E-state index >= 15 is 0 Å². The normalized spacial score (nSPS) is 14.7. The number of guanidine groups is 1. The molecule has 5 heteroatoms. The van der Waals surface area contributed by atoms with Crippen LogP contribution in [0.1, 0.15) is 57.4 Å². The number of anilines is 1. The van der Waals surface area contributed by atoms with E-state index in [9.17, 15) is 4.79 Å². The third kappa shape index (κ3) is 6.77. The summed E-state index contributed by atoms with van der Waals surface area (Å²) in [5, 5.41) is 9.70. The molecule has 0 aliphatic heterocycles. The van der Waals surface area contributed by atoms with Gasteiger partial charge in [0.05, 0.1) is 0 Å². The van der Waals surface area contributed by atoms with Gasteiger partial charge in [0.15, 0.2) is 5.96 Å². The molecule has 0 unspecified atom stereocenters. The van der Waals surface area contributed by atoms with Crippen molar-refractivity contribution in [3.8, 4) is 0 Å². The summed E-state index contributed by atoms with van der Waals surface area (Å²) in [5.41, 5.74) is 2.00. The summed E-state index contributed by atoms with van der Waals surface area (Å²) in [5.74, 6) is 1.18. The fourth-order valence-electron chi connectivity index (χ4n) is 2.84. The van der Waals surface area contributed by atoms with Crippen molar-refractivity contribution in [1.82, 2.24) is 10.6 Å². The Morgan fingerprint density at radius 2 is 2.04 bits per heavy atom. The van der Waals surface area contributed by atoms with Crippen LogP contribution in [0.15, 0.2) is 29.3 Å². The number of carbonyl (C=O) groups is 1. The Bertz CT molecular complexity index is 567. The number of amides is 1. The lowest BCUT2D eigenvalue weighted by Gasteiger charge is -2.24. The van der Waals surface area contributed by atoms with Gasteiger partial charge in [-0.1, -0.05) is 44.7 Å². The number of carbonyl (C=O) groups excluding carboxylic acids is 1. The van der Waals surface area contributed by atoms with Gasteiger partial charge < -0.3 is 16.0 Å². The van der Waals surface area contributed by atoms with Gasteiger partial charge in [0, 0.05) is 31.7 Å². The molecule has 1 amide bonds. The largest absolute Gasteiger partial charge is 0.356 e. The molecule has 0 radical (unpaired) electrons. The van der Waals surface area contributed by atoms with Gasteiger partial charge >= 0.3 is 0 Å². The topological polar surface area (TPSA) is 65.5 Å². The van der Waals surface area contributed by atoms with Crippen molar-refractivity contribution in [2.45, 2.75) is 58.4 Å². The van der Waals surface area contributed by atoms with Gasteiger partial charge in [-0.25, -0.2) is 0 Å². The SMILES string of the molecule is CCCCCCNC(=NC)NCc1cccc(NC(=O)C2CCC2)c1. The zero-order valence-electron chi connectivity index (χ0n) is 15.6. The number of hydrogen-bond acceptors (Lipinski definition) is 2. The van der Waals surface area contributed by atoms with Gasteiger partial charge in [0.1, 0.15) is 0 Å². The Labute approximate surface area is 151 Å². The maximum Gasteiger partial charge on any atom is 0.227 e. The number of hydrogen-bond donors (Lipinski definition) is 3. The average Bonchev–Trinajstić information content (AvgIpc) is 2.56. The van der Waals surface area contributed by atoms with E-state index in [1.54, 1.807) is 7.05 Å². The molecule has 2 rings (SSSR count). The minimum absolute atomic E-state index is 0.154. The summed E-state index contributed by atoms with van der Waals surface area (Å²) < 4.78 is 0. The summed E-state index contributed by atoms with van der Waals surface area (Å²) in [6.45, 7) is 3.84. The Hall–Kier alpha value is -2.04. The molecule has 138 valence electrons. The van der Waals surface area contributed by atoms with Crippen molar-refractivity contribution in [3.05, 3.63) is 29.8 Å². The zero-order chi connectivity index (χ0) is 17.9. The highest BCUT2D eigenvalue weighted by Gasteiger charge is 2.25. The fourth-order valence-corrected chi connectivity index (χ4v) is 2.84. The predicted octanol–water partition coefficient (Wildman–Crippen LogP) is 3.67. The Morgan fingerprint density at radius 3 is 2.72 bits per heavy atom. The van der Waals surface area contributed by atoms with E-state index in [1.807, 2.05) is 18.2 Å². The molecular weight excluding hydrogens is 312 g/mol. The van der Waals surface area contributed by atoms with Crippen molar-refractivity contribution in [2.24, 2.45) is 10.9 Å². The Balaban J connectivity index is 1.75. The summed E-state index contributed by atoms with van der Waals surface area (Å²) >= 11 is 0. The van der Waals surface area contributed by atoms with Crippen LogP contribution in [0.2, 0.25) is 0 Å². The molecule has 0 heterocycles. The van der Waals surface area contributed by atoms with Crippen molar-refractivity contribution >= 4 is 17.6 Å². The lowest BCUT2D eigenvalue weighted by Crippen LogP contribution is -2.37. The van der Waals surface area contributed by atoms with E-state index in [1.165, 1.54) is 25.7 Å². The van der Waals surface area contributed by atoms with Crippen molar-refractivity contribution < 1.29 is 4.79 Å². The third-order valence-corrected chi connectivity index (χ3v) is 4.68. The van der Waals surface area contributed by atoms with Gasteiger partial charge in [-0.05, 0) is 37.0 Å². The first-order chi connectivity index (χ1) is 12.2. The van der Waals surface area contributed by atoms with E-state index in [4.69, 9.17) is 0 Å². The minimum atomic E-state index is 0.154. The number of unbranched alkanes of at least 4 members (excludes halogenated alkanes) is 3. The van der Waals surface area contributed by atoms with E-state index in [0.29, 0.717) is 6.54 Å². The molecule has 0 saturated heterocycles. The van der Waals surface area contributed by atoms with Gasteiger partial charge in [0.25, 0.3) is 0 Å². The molecule has 5 nitrogen and oxygen atoms in total. The molecule has 1 aromatic carbocycles. The highest BCUT2D eigenvalue weighted by molar-refractivity contribution is 5.93.